The van der Waals surface area contributed by atoms with Crippen LogP contribution in [0.4, 0.5) is 11.8 Å². The van der Waals surface area contributed by atoms with Gasteiger partial charge in [0.05, 0.1) is 11.3 Å². The van der Waals surface area contributed by atoms with Crippen LogP contribution in [-0.4, -0.2) is 42.6 Å². The predicted octanol–water partition coefficient (Wildman–Crippen LogP) is 5.04. The number of carbonyl (C=O) groups excluding carboxylic acids is 1. The van der Waals surface area contributed by atoms with Gasteiger partial charge in [-0.2, -0.15) is 4.98 Å². The van der Waals surface area contributed by atoms with Crippen molar-refractivity contribution >= 4 is 39.1 Å². The van der Waals surface area contributed by atoms with E-state index in [-0.39, 0.29) is 5.91 Å². The first-order valence-corrected chi connectivity index (χ1v) is 13.0. The van der Waals surface area contributed by atoms with Crippen molar-refractivity contribution in [3.63, 3.8) is 0 Å². The van der Waals surface area contributed by atoms with E-state index in [9.17, 15) is 4.79 Å². The van der Waals surface area contributed by atoms with Crippen molar-refractivity contribution in [3.8, 4) is 0 Å². The number of rotatable bonds is 6. The Morgan fingerprint density at radius 3 is 2.70 bits per heavy atom. The van der Waals surface area contributed by atoms with Gasteiger partial charge in [-0.25, -0.2) is 4.98 Å². The van der Waals surface area contributed by atoms with Crippen molar-refractivity contribution in [1.29, 1.82) is 0 Å². The smallest absolute Gasteiger partial charge is 0.252 e. The van der Waals surface area contributed by atoms with Crippen molar-refractivity contribution in [1.82, 2.24) is 15.3 Å². The standard InChI is InChI=1S/C26H33N5OS/c1-31(2)24-20-8-3-5-9-22(20)29-26(30-24)28-18-13-11-17(12-14-18)15-27-25(32)21-16-33-23-10-6-4-7-19(21)23/h4,6-7,10,16-18H,3,5,8-9,11-15H2,1-2H3,(H,27,32)(H,28,29,30)/t17-,18+. The predicted molar refractivity (Wildman–Crippen MR) is 137 cm³/mol. The average Bonchev–Trinajstić information content (AvgIpc) is 3.27. The fraction of sp³-hybridized carbons (Fsp3) is 0.500. The topological polar surface area (TPSA) is 70.2 Å². The van der Waals surface area contributed by atoms with E-state index in [1.807, 2.05) is 23.6 Å². The molecule has 2 aliphatic rings. The lowest BCUT2D eigenvalue weighted by Gasteiger charge is -2.30. The first-order valence-electron chi connectivity index (χ1n) is 12.2. The molecule has 174 valence electrons. The Morgan fingerprint density at radius 1 is 1.09 bits per heavy atom. The molecule has 1 fully saturated rings. The molecule has 0 saturated heterocycles. The molecule has 2 heterocycles. The van der Waals surface area contributed by atoms with Crippen molar-refractivity contribution in [2.24, 2.45) is 5.92 Å². The van der Waals surface area contributed by atoms with Crippen LogP contribution in [0.3, 0.4) is 0 Å². The molecule has 3 aromatic rings. The van der Waals surface area contributed by atoms with Gasteiger partial charge >= 0.3 is 0 Å². The van der Waals surface area contributed by atoms with Gasteiger partial charge in [0, 0.05) is 47.7 Å². The van der Waals surface area contributed by atoms with Crippen LogP contribution in [-0.2, 0) is 12.8 Å². The van der Waals surface area contributed by atoms with Crippen LogP contribution in [0, 0.1) is 5.92 Å². The number of anilines is 2. The number of carbonyl (C=O) groups is 1. The van der Waals surface area contributed by atoms with E-state index in [4.69, 9.17) is 9.97 Å². The van der Waals surface area contributed by atoms with Gasteiger partial charge in [0.25, 0.3) is 5.91 Å². The van der Waals surface area contributed by atoms with E-state index in [1.54, 1.807) is 11.3 Å². The molecule has 0 unspecified atom stereocenters. The summed E-state index contributed by atoms with van der Waals surface area (Å²) in [6.45, 7) is 0.746. The van der Waals surface area contributed by atoms with Gasteiger partial charge in [0.1, 0.15) is 5.82 Å². The number of benzene rings is 1. The summed E-state index contributed by atoms with van der Waals surface area (Å²) in [7, 11) is 4.14. The maximum absolute atomic E-state index is 12.7. The molecule has 1 amide bonds. The molecule has 33 heavy (non-hydrogen) atoms. The van der Waals surface area contributed by atoms with Crippen molar-refractivity contribution in [2.75, 3.05) is 30.9 Å². The van der Waals surface area contributed by atoms with Crippen LogP contribution in [0.25, 0.3) is 10.1 Å². The number of nitrogens with zero attached hydrogens (tertiary/aromatic N) is 3. The quantitative estimate of drug-likeness (QED) is 0.536. The number of hydrogen-bond acceptors (Lipinski definition) is 6. The molecular weight excluding hydrogens is 430 g/mol. The summed E-state index contributed by atoms with van der Waals surface area (Å²) in [6, 6.07) is 8.51. The Hall–Kier alpha value is -2.67. The van der Waals surface area contributed by atoms with E-state index >= 15 is 0 Å². The number of nitrogens with one attached hydrogen (secondary N) is 2. The number of amides is 1. The molecule has 2 aromatic heterocycles. The lowest BCUT2D eigenvalue weighted by atomic mass is 9.86. The highest BCUT2D eigenvalue weighted by Crippen LogP contribution is 2.31. The monoisotopic (exact) mass is 463 g/mol. The normalized spacial score (nSPS) is 20.3. The molecule has 7 heteroatoms. The van der Waals surface area contributed by atoms with Crippen molar-refractivity contribution < 1.29 is 4.79 Å². The molecule has 0 spiro atoms. The maximum atomic E-state index is 12.7. The molecule has 1 aromatic carbocycles. The Kier molecular flexibility index (Phi) is 6.49. The zero-order chi connectivity index (χ0) is 22.8. The minimum atomic E-state index is 0.0476. The van der Waals surface area contributed by atoms with Gasteiger partial charge < -0.3 is 15.5 Å². The SMILES string of the molecule is CN(C)c1nc(N[C@H]2CC[C@@H](CNC(=O)c3csc4ccccc34)CC2)nc2c1CCCC2. The maximum Gasteiger partial charge on any atom is 0.252 e. The molecule has 5 rings (SSSR count). The van der Waals surface area contributed by atoms with Crippen LogP contribution in [0.15, 0.2) is 29.6 Å². The van der Waals surface area contributed by atoms with Gasteiger partial charge in [0.15, 0.2) is 0 Å². The summed E-state index contributed by atoms with van der Waals surface area (Å²) in [5.41, 5.74) is 3.35. The fourth-order valence-corrected chi connectivity index (χ4v) is 6.13. The molecule has 2 N–H and O–H groups in total. The third-order valence-corrected chi connectivity index (χ3v) is 8.01. The summed E-state index contributed by atoms with van der Waals surface area (Å²) < 4.78 is 1.16. The first kappa shape index (κ1) is 22.1. The molecule has 0 atom stereocenters. The summed E-state index contributed by atoms with van der Waals surface area (Å²) in [5, 5.41) is 9.83. The number of aryl methyl sites for hydroxylation is 1. The molecule has 1 saturated carbocycles. The fourth-order valence-electron chi connectivity index (χ4n) is 5.19. The van der Waals surface area contributed by atoms with Crippen LogP contribution in [0.5, 0.6) is 0 Å². The summed E-state index contributed by atoms with van der Waals surface area (Å²) >= 11 is 1.63. The highest BCUT2D eigenvalue weighted by molar-refractivity contribution is 7.17. The number of thiophene rings is 1. The minimum Gasteiger partial charge on any atom is -0.362 e. The van der Waals surface area contributed by atoms with E-state index < -0.39 is 0 Å². The highest BCUT2D eigenvalue weighted by Gasteiger charge is 2.24. The van der Waals surface area contributed by atoms with E-state index in [0.29, 0.717) is 12.0 Å². The molecule has 0 aliphatic heterocycles. The average molecular weight is 464 g/mol. The minimum absolute atomic E-state index is 0.0476. The molecule has 6 nitrogen and oxygen atoms in total. The largest absolute Gasteiger partial charge is 0.362 e. The Labute approximate surface area is 199 Å². The second-order valence-electron chi connectivity index (χ2n) is 9.62. The third-order valence-electron chi connectivity index (χ3n) is 7.04. The summed E-state index contributed by atoms with van der Waals surface area (Å²) in [6.07, 6.45) is 8.96. The van der Waals surface area contributed by atoms with Gasteiger partial charge in [-0.15, -0.1) is 11.3 Å². The molecular formula is C26H33N5OS. The number of hydrogen-bond donors (Lipinski definition) is 2. The molecule has 2 aliphatic carbocycles. The highest BCUT2D eigenvalue weighted by atomic mass is 32.1. The second kappa shape index (κ2) is 9.67. The van der Waals surface area contributed by atoms with Crippen LogP contribution in [0.2, 0.25) is 0 Å². The van der Waals surface area contributed by atoms with Crippen LogP contribution >= 0.6 is 11.3 Å². The number of aromatic nitrogens is 2. The van der Waals surface area contributed by atoms with Crippen LogP contribution < -0.4 is 15.5 Å². The van der Waals surface area contributed by atoms with Gasteiger partial charge in [-0.1, -0.05) is 18.2 Å². The Balaban J connectivity index is 1.15. The lowest BCUT2D eigenvalue weighted by molar-refractivity contribution is 0.0945. The third kappa shape index (κ3) is 4.83. The van der Waals surface area contributed by atoms with Crippen molar-refractivity contribution in [2.45, 2.75) is 57.4 Å². The summed E-state index contributed by atoms with van der Waals surface area (Å²) in [5.74, 6) is 2.42. The zero-order valence-corrected chi connectivity index (χ0v) is 20.4. The lowest BCUT2D eigenvalue weighted by Crippen LogP contribution is -2.34. The van der Waals surface area contributed by atoms with Crippen LogP contribution in [0.1, 0.15) is 60.1 Å². The molecule has 0 radical (unpaired) electrons. The Bertz CT molecular complexity index is 1130. The van der Waals surface area contributed by atoms with E-state index in [0.717, 1.165) is 72.5 Å². The van der Waals surface area contributed by atoms with Crippen molar-refractivity contribution in [3.05, 3.63) is 46.5 Å². The zero-order valence-electron chi connectivity index (χ0n) is 19.6. The summed E-state index contributed by atoms with van der Waals surface area (Å²) in [4.78, 5) is 24.6. The van der Waals surface area contributed by atoms with E-state index in [1.165, 1.54) is 24.1 Å². The molecule has 0 bridgehead atoms. The van der Waals surface area contributed by atoms with E-state index in [2.05, 4.69) is 35.7 Å². The van der Waals surface area contributed by atoms with Gasteiger partial charge in [0.2, 0.25) is 5.95 Å². The van der Waals surface area contributed by atoms with Gasteiger partial charge in [-0.3, -0.25) is 4.79 Å². The first-order chi connectivity index (χ1) is 16.1. The second-order valence-corrected chi connectivity index (χ2v) is 10.5. The van der Waals surface area contributed by atoms with Gasteiger partial charge in [-0.05, 0) is 63.4 Å². The Morgan fingerprint density at radius 2 is 1.88 bits per heavy atom. The number of fused-ring (bicyclic) bond motifs is 2.